The molecule has 0 aromatic heterocycles. The quantitative estimate of drug-likeness (QED) is 0.201. The smallest absolute Gasteiger partial charge is 0.244 e. The van der Waals surface area contributed by atoms with E-state index < -0.39 is 0 Å². The van der Waals surface area contributed by atoms with Gasteiger partial charge in [-0.25, -0.2) is 4.99 Å². The Kier molecular flexibility index (Phi) is 13.0. The van der Waals surface area contributed by atoms with Gasteiger partial charge in [0.25, 0.3) is 0 Å². The van der Waals surface area contributed by atoms with E-state index in [1.54, 1.807) is 0 Å². The van der Waals surface area contributed by atoms with Crippen LogP contribution in [0.25, 0.3) is 0 Å². The highest BCUT2D eigenvalue weighted by Crippen LogP contribution is 2.21. The van der Waals surface area contributed by atoms with E-state index in [1.165, 1.54) is 50.9 Å². The van der Waals surface area contributed by atoms with Gasteiger partial charge in [-0.05, 0) is 83.0 Å². The monoisotopic (exact) mass is 555 g/mol. The molecule has 0 aliphatic carbocycles. The maximum absolute atomic E-state index is 12.2. The van der Waals surface area contributed by atoms with Crippen molar-refractivity contribution in [3.63, 3.8) is 0 Å². The molecule has 2 fully saturated rings. The van der Waals surface area contributed by atoms with E-state index in [0.29, 0.717) is 0 Å². The van der Waals surface area contributed by atoms with Crippen molar-refractivity contribution >= 4 is 35.8 Å². The standard InChI is InChI=1S/C25H41N5O.HI/c1-2-26-25(28-21-24(31)30-16-8-9-17-30)27-14-6-7-15-29-18-12-23(13-19-29)20-22-10-4-3-5-11-22;/h3-5,10-11,23H,2,6-9,12-21H2,1H3,(H2,26,27,28);1H. The molecule has 1 aromatic rings. The van der Waals surface area contributed by atoms with E-state index in [0.717, 1.165) is 57.3 Å². The zero-order valence-corrected chi connectivity index (χ0v) is 22.1. The van der Waals surface area contributed by atoms with Crippen molar-refractivity contribution in [3.05, 3.63) is 35.9 Å². The molecule has 2 saturated heterocycles. The second-order valence-corrected chi connectivity index (χ2v) is 8.89. The summed E-state index contributed by atoms with van der Waals surface area (Å²) in [6.45, 7) is 9.43. The van der Waals surface area contributed by atoms with Crippen molar-refractivity contribution in [2.24, 2.45) is 10.9 Å². The van der Waals surface area contributed by atoms with E-state index in [2.05, 4.69) is 57.8 Å². The molecule has 7 heteroatoms. The lowest BCUT2D eigenvalue weighted by atomic mass is 9.90. The Hall–Kier alpha value is -1.35. The van der Waals surface area contributed by atoms with Crippen LogP contribution in [0.2, 0.25) is 0 Å². The number of hydrogen-bond donors (Lipinski definition) is 2. The normalized spacial score (nSPS) is 17.8. The van der Waals surface area contributed by atoms with Gasteiger partial charge in [-0.2, -0.15) is 0 Å². The molecule has 0 bridgehead atoms. The number of nitrogens with one attached hydrogen (secondary N) is 2. The second kappa shape index (κ2) is 15.5. The predicted octanol–water partition coefficient (Wildman–Crippen LogP) is 3.52. The predicted molar refractivity (Wildman–Crippen MR) is 144 cm³/mol. The van der Waals surface area contributed by atoms with Crippen LogP contribution in [0.3, 0.4) is 0 Å². The summed E-state index contributed by atoms with van der Waals surface area (Å²) in [7, 11) is 0. The summed E-state index contributed by atoms with van der Waals surface area (Å²) in [5, 5.41) is 6.64. The van der Waals surface area contributed by atoms with E-state index in [4.69, 9.17) is 0 Å². The minimum atomic E-state index is 0. The van der Waals surface area contributed by atoms with Gasteiger partial charge in [0, 0.05) is 26.2 Å². The lowest BCUT2D eigenvalue weighted by Gasteiger charge is -2.32. The van der Waals surface area contributed by atoms with Gasteiger partial charge in [0.05, 0.1) is 0 Å². The first-order valence-electron chi connectivity index (χ1n) is 12.3. The lowest BCUT2D eigenvalue weighted by molar-refractivity contribution is -0.128. The Balaban J connectivity index is 0.00000363. The summed E-state index contributed by atoms with van der Waals surface area (Å²) in [6.07, 6.45) is 8.42. The van der Waals surface area contributed by atoms with Crippen LogP contribution in [0.1, 0.15) is 51.0 Å². The largest absolute Gasteiger partial charge is 0.357 e. The third kappa shape index (κ3) is 9.65. The molecular weight excluding hydrogens is 513 g/mol. The van der Waals surface area contributed by atoms with Gasteiger partial charge >= 0.3 is 0 Å². The highest BCUT2D eigenvalue weighted by molar-refractivity contribution is 14.0. The van der Waals surface area contributed by atoms with Gasteiger partial charge in [0.1, 0.15) is 6.54 Å². The number of amides is 1. The van der Waals surface area contributed by atoms with Crippen LogP contribution in [-0.4, -0.2) is 74.0 Å². The van der Waals surface area contributed by atoms with E-state index >= 15 is 0 Å². The number of nitrogens with zero attached hydrogens (tertiary/aromatic N) is 3. The van der Waals surface area contributed by atoms with Crippen molar-refractivity contribution in [2.45, 2.75) is 51.9 Å². The average Bonchev–Trinajstić information content (AvgIpc) is 3.34. The van der Waals surface area contributed by atoms with Crippen molar-refractivity contribution < 1.29 is 4.79 Å². The summed E-state index contributed by atoms with van der Waals surface area (Å²) in [5.74, 6) is 1.74. The second-order valence-electron chi connectivity index (χ2n) is 8.89. The van der Waals surface area contributed by atoms with Crippen LogP contribution in [0, 0.1) is 5.92 Å². The number of piperidine rings is 1. The number of guanidine groups is 1. The van der Waals surface area contributed by atoms with Gasteiger partial charge < -0.3 is 20.4 Å². The SMILES string of the molecule is CCNC(=NCC(=O)N1CCCC1)NCCCCN1CCC(Cc2ccccc2)CC1.I. The molecule has 2 N–H and O–H groups in total. The van der Waals surface area contributed by atoms with Gasteiger partial charge in [-0.3, -0.25) is 4.79 Å². The van der Waals surface area contributed by atoms with Crippen molar-refractivity contribution in [2.75, 3.05) is 52.4 Å². The number of halogens is 1. The maximum atomic E-state index is 12.2. The maximum Gasteiger partial charge on any atom is 0.244 e. The zero-order valence-electron chi connectivity index (χ0n) is 19.7. The number of aliphatic imine (C=N–C) groups is 1. The van der Waals surface area contributed by atoms with E-state index in [9.17, 15) is 4.79 Å². The molecule has 180 valence electrons. The fourth-order valence-electron chi connectivity index (χ4n) is 4.58. The Morgan fingerprint density at radius 1 is 1.03 bits per heavy atom. The number of unbranched alkanes of at least 4 members (excludes halogenated alkanes) is 1. The topological polar surface area (TPSA) is 60.0 Å². The van der Waals surface area contributed by atoms with Gasteiger partial charge in [-0.15, -0.1) is 24.0 Å². The molecular formula is C25H42IN5O. The molecule has 0 spiro atoms. The summed E-state index contributed by atoms with van der Waals surface area (Å²) in [4.78, 5) is 21.2. The van der Waals surface area contributed by atoms with Crippen LogP contribution < -0.4 is 10.6 Å². The summed E-state index contributed by atoms with van der Waals surface area (Å²) < 4.78 is 0. The highest BCUT2D eigenvalue weighted by atomic mass is 127. The molecule has 32 heavy (non-hydrogen) atoms. The molecule has 1 amide bonds. The third-order valence-corrected chi connectivity index (χ3v) is 6.44. The van der Waals surface area contributed by atoms with Crippen molar-refractivity contribution in [3.8, 4) is 0 Å². The fourth-order valence-corrected chi connectivity index (χ4v) is 4.58. The molecule has 0 unspecified atom stereocenters. The minimum absolute atomic E-state index is 0. The molecule has 0 radical (unpaired) electrons. The van der Waals surface area contributed by atoms with Crippen LogP contribution in [0.4, 0.5) is 0 Å². The molecule has 3 rings (SSSR count). The van der Waals surface area contributed by atoms with E-state index in [1.807, 2.05) is 4.90 Å². The minimum Gasteiger partial charge on any atom is -0.357 e. The van der Waals surface area contributed by atoms with E-state index in [-0.39, 0.29) is 36.4 Å². The molecule has 2 heterocycles. The number of likely N-dealkylation sites (tertiary alicyclic amines) is 2. The van der Waals surface area contributed by atoms with Gasteiger partial charge in [0.15, 0.2) is 5.96 Å². The zero-order chi connectivity index (χ0) is 21.7. The number of hydrogen-bond acceptors (Lipinski definition) is 3. The summed E-state index contributed by atoms with van der Waals surface area (Å²) in [5.41, 5.74) is 1.48. The lowest BCUT2D eigenvalue weighted by Crippen LogP contribution is -2.39. The highest BCUT2D eigenvalue weighted by Gasteiger charge is 2.19. The van der Waals surface area contributed by atoms with Crippen molar-refractivity contribution in [1.29, 1.82) is 0 Å². The molecule has 2 aliphatic rings. The summed E-state index contributed by atoms with van der Waals surface area (Å²) in [6, 6.07) is 10.9. The number of carbonyl (C=O) groups is 1. The molecule has 6 nitrogen and oxygen atoms in total. The summed E-state index contributed by atoms with van der Waals surface area (Å²) >= 11 is 0. The first-order chi connectivity index (χ1) is 15.2. The number of carbonyl (C=O) groups excluding carboxylic acids is 1. The van der Waals surface area contributed by atoms with Crippen molar-refractivity contribution in [1.82, 2.24) is 20.4 Å². The Morgan fingerprint density at radius 2 is 1.75 bits per heavy atom. The number of rotatable bonds is 10. The molecule has 0 saturated carbocycles. The fraction of sp³-hybridized carbons (Fsp3) is 0.680. The average molecular weight is 556 g/mol. The first-order valence-corrected chi connectivity index (χ1v) is 12.3. The third-order valence-electron chi connectivity index (χ3n) is 6.44. The Bertz CT molecular complexity index is 670. The van der Waals surface area contributed by atoms with Crippen LogP contribution in [-0.2, 0) is 11.2 Å². The molecule has 2 aliphatic heterocycles. The Labute approximate surface area is 211 Å². The van der Waals surface area contributed by atoms with Crippen LogP contribution in [0.15, 0.2) is 35.3 Å². The van der Waals surface area contributed by atoms with Gasteiger partial charge in [0.2, 0.25) is 5.91 Å². The first kappa shape index (κ1) is 26.9. The Morgan fingerprint density at radius 3 is 2.44 bits per heavy atom. The van der Waals surface area contributed by atoms with Crippen LogP contribution in [0.5, 0.6) is 0 Å². The molecule has 0 atom stereocenters. The number of benzene rings is 1. The molecule has 1 aromatic carbocycles. The van der Waals surface area contributed by atoms with Crippen LogP contribution >= 0.6 is 24.0 Å². The van der Waals surface area contributed by atoms with Gasteiger partial charge in [-0.1, -0.05) is 30.3 Å².